The molecule has 2 aromatic carbocycles. The summed E-state index contributed by atoms with van der Waals surface area (Å²) in [4.78, 5) is 14.7. The molecule has 4 rings (SSSR count). The summed E-state index contributed by atoms with van der Waals surface area (Å²) in [5.41, 5.74) is 3.07. The number of aromatic nitrogens is 2. The molecule has 1 aromatic heterocycles. The molecule has 1 aliphatic rings. The van der Waals surface area contributed by atoms with E-state index < -0.39 is 0 Å². The van der Waals surface area contributed by atoms with Crippen LogP contribution in [0.25, 0.3) is 0 Å². The van der Waals surface area contributed by atoms with Gasteiger partial charge in [0.1, 0.15) is 5.75 Å². The molecule has 31 heavy (non-hydrogen) atoms. The molecular weight excluding hydrogens is 434 g/mol. The number of carbonyl (C=O) groups excluding carboxylic acids is 1. The predicted molar refractivity (Wildman–Crippen MR) is 122 cm³/mol. The van der Waals surface area contributed by atoms with E-state index in [9.17, 15) is 4.79 Å². The van der Waals surface area contributed by atoms with Crippen LogP contribution in [0, 0.1) is 0 Å². The van der Waals surface area contributed by atoms with Gasteiger partial charge in [0.2, 0.25) is 0 Å². The Labute approximate surface area is 190 Å². The van der Waals surface area contributed by atoms with Crippen LogP contribution in [0.4, 0.5) is 5.69 Å². The highest BCUT2D eigenvalue weighted by atomic mass is 35.5. The van der Waals surface area contributed by atoms with Crippen LogP contribution in [-0.2, 0) is 16.8 Å². The summed E-state index contributed by atoms with van der Waals surface area (Å²) >= 11 is 7.28. The number of nitrogens with zero attached hydrogens (tertiary/aromatic N) is 3. The van der Waals surface area contributed by atoms with Crippen LogP contribution in [0.15, 0.2) is 69.9 Å². The summed E-state index contributed by atoms with van der Waals surface area (Å²) in [5.74, 6) is 1.05. The molecule has 160 valence electrons. The van der Waals surface area contributed by atoms with Gasteiger partial charge in [-0.3, -0.25) is 4.79 Å². The Bertz CT molecular complexity index is 1140. The van der Waals surface area contributed by atoms with Crippen molar-refractivity contribution in [3.63, 3.8) is 0 Å². The van der Waals surface area contributed by atoms with E-state index in [0.717, 1.165) is 11.4 Å². The topological polar surface area (TPSA) is 68.5 Å². The fourth-order valence-corrected chi connectivity index (χ4v) is 4.44. The second kappa shape index (κ2) is 8.77. The van der Waals surface area contributed by atoms with Crippen molar-refractivity contribution in [2.75, 3.05) is 17.7 Å². The Hall–Kier alpha value is -2.77. The summed E-state index contributed by atoms with van der Waals surface area (Å²) in [6, 6.07) is 15.4. The van der Waals surface area contributed by atoms with E-state index in [-0.39, 0.29) is 23.6 Å². The average Bonchev–Trinajstić information content (AvgIpc) is 3.29. The molecule has 0 N–H and O–H groups in total. The number of carbonyl (C=O) groups is 1. The third kappa shape index (κ3) is 4.48. The largest absolute Gasteiger partial charge is 0.482 e. The van der Waals surface area contributed by atoms with Crippen LogP contribution in [0.2, 0.25) is 5.02 Å². The SMILES string of the molecule is CN1/C(=C\C(=O)CSc2nnc(COc3ccccc3Cl)o2)C(C)(C)c2ccccc21. The van der Waals surface area contributed by atoms with Crippen LogP contribution in [-0.4, -0.2) is 28.8 Å². The van der Waals surface area contributed by atoms with Crippen LogP contribution in [0.3, 0.4) is 0 Å². The third-order valence-electron chi connectivity index (χ3n) is 5.21. The molecule has 0 saturated carbocycles. The second-order valence-electron chi connectivity index (χ2n) is 7.67. The highest BCUT2D eigenvalue weighted by Gasteiger charge is 2.38. The zero-order valence-electron chi connectivity index (χ0n) is 17.5. The Morgan fingerprint density at radius 3 is 2.71 bits per heavy atom. The maximum atomic E-state index is 12.7. The van der Waals surface area contributed by atoms with Gasteiger partial charge in [-0.15, -0.1) is 10.2 Å². The first kappa shape index (κ1) is 21.5. The molecule has 0 radical (unpaired) electrons. The van der Waals surface area contributed by atoms with Crippen LogP contribution < -0.4 is 9.64 Å². The normalized spacial score (nSPS) is 15.9. The van der Waals surface area contributed by atoms with Crippen molar-refractivity contribution in [2.45, 2.75) is 31.1 Å². The highest BCUT2D eigenvalue weighted by Crippen LogP contribution is 2.46. The lowest BCUT2D eigenvalue weighted by Gasteiger charge is -2.23. The van der Waals surface area contributed by atoms with Gasteiger partial charge in [0.25, 0.3) is 11.1 Å². The van der Waals surface area contributed by atoms with E-state index in [4.69, 9.17) is 20.8 Å². The molecule has 0 bridgehead atoms. The lowest BCUT2D eigenvalue weighted by molar-refractivity contribution is -0.112. The summed E-state index contributed by atoms with van der Waals surface area (Å²) < 4.78 is 11.2. The Kier molecular flexibility index (Phi) is 6.07. The van der Waals surface area contributed by atoms with E-state index >= 15 is 0 Å². The molecule has 0 spiro atoms. The Balaban J connectivity index is 1.36. The van der Waals surface area contributed by atoms with Crippen molar-refractivity contribution in [2.24, 2.45) is 0 Å². The molecule has 0 fully saturated rings. The molecule has 8 heteroatoms. The maximum Gasteiger partial charge on any atom is 0.277 e. The number of anilines is 1. The summed E-state index contributed by atoms with van der Waals surface area (Å²) in [6.45, 7) is 4.36. The smallest absolute Gasteiger partial charge is 0.277 e. The van der Waals surface area contributed by atoms with Gasteiger partial charge in [-0.25, -0.2) is 0 Å². The summed E-state index contributed by atoms with van der Waals surface area (Å²) in [6.07, 6.45) is 1.71. The van der Waals surface area contributed by atoms with Crippen molar-refractivity contribution in [3.05, 3.63) is 76.8 Å². The molecule has 0 unspecified atom stereocenters. The van der Waals surface area contributed by atoms with E-state index in [1.165, 1.54) is 17.3 Å². The standard InChI is InChI=1S/C23H22ClN3O3S/c1-23(2)16-8-4-6-10-18(16)27(3)20(23)12-15(28)14-31-22-26-25-21(30-22)13-29-19-11-7-5-9-17(19)24/h4-12H,13-14H2,1-3H3/b20-12-. The zero-order chi connectivity index (χ0) is 22.0. The lowest BCUT2D eigenvalue weighted by atomic mass is 9.83. The summed E-state index contributed by atoms with van der Waals surface area (Å²) in [5, 5.41) is 8.78. The highest BCUT2D eigenvalue weighted by molar-refractivity contribution is 7.99. The first-order valence-corrected chi connectivity index (χ1v) is 11.1. The van der Waals surface area contributed by atoms with Crippen molar-refractivity contribution in [1.29, 1.82) is 0 Å². The van der Waals surface area contributed by atoms with Crippen molar-refractivity contribution in [3.8, 4) is 5.75 Å². The van der Waals surface area contributed by atoms with Gasteiger partial charge in [0.15, 0.2) is 12.4 Å². The van der Waals surface area contributed by atoms with Crippen LogP contribution >= 0.6 is 23.4 Å². The molecule has 0 atom stereocenters. The van der Waals surface area contributed by atoms with Gasteiger partial charge >= 0.3 is 0 Å². The number of allylic oxidation sites excluding steroid dienone is 2. The van der Waals surface area contributed by atoms with Crippen molar-refractivity contribution in [1.82, 2.24) is 10.2 Å². The molecule has 1 aliphatic heterocycles. The van der Waals surface area contributed by atoms with Crippen molar-refractivity contribution >= 4 is 34.8 Å². The number of ketones is 1. The first-order chi connectivity index (χ1) is 14.9. The number of likely N-dealkylation sites (N-methyl/N-ethyl adjacent to an activating group) is 1. The van der Waals surface area contributed by atoms with Gasteiger partial charge in [-0.2, -0.15) is 0 Å². The number of rotatable bonds is 7. The molecule has 2 heterocycles. The molecule has 3 aromatic rings. The number of para-hydroxylation sites is 2. The number of halogens is 1. The average molecular weight is 456 g/mol. The van der Waals surface area contributed by atoms with Gasteiger partial charge in [0.05, 0.1) is 10.8 Å². The Morgan fingerprint density at radius 2 is 1.94 bits per heavy atom. The van der Waals surface area contributed by atoms with Gasteiger partial charge in [0, 0.05) is 29.9 Å². The minimum Gasteiger partial charge on any atom is -0.482 e. The predicted octanol–water partition coefficient (Wildman–Crippen LogP) is 5.27. The van der Waals surface area contributed by atoms with Gasteiger partial charge in [-0.05, 0) is 23.8 Å². The molecule has 0 amide bonds. The second-order valence-corrected chi connectivity index (χ2v) is 9.00. The molecule has 6 nitrogen and oxygen atoms in total. The van der Waals surface area contributed by atoms with Gasteiger partial charge in [-0.1, -0.05) is 67.5 Å². The van der Waals surface area contributed by atoms with Crippen LogP contribution in [0.1, 0.15) is 25.3 Å². The zero-order valence-corrected chi connectivity index (χ0v) is 19.0. The van der Waals surface area contributed by atoms with Gasteiger partial charge < -0.3 is 14.1 Å². The fourth-order valence-electron chi connectivity index (χ4n) is 3.64. The number of benzene rings is 2. The lowest BCUT2D eigenvalue weighted by Crippen LogP contribution is -2.24. The number of hydrogen-bond donors (Lipinski definition) is 0. The number of ether oxygens (including phenoxy) is 1. The van der Waals surface area contributed by atoms with E-state index in [1.807, 2.05) is 31.3 Å². The quantitative estimate of drug-likeness (QED) is 0.355. The third-order valence-corrected chi connectivity index (χ3v) is 6.37. The van der Waals surface area contributed by atoms with E-state index in [1.54, 1.807) is 18.2 Å². The molecule has 0 saturated heterocycles. The number of hydrogen-bond acceptors (Lipinski definition) is 7. The minimum absolute atomic E-state index is 0.0141. The van der Waals surface area contributed by atoms with E-state index in [2.05, 4.69) is 41.1 Å². The minimum atomic E-state index is -0.237. The van der Waals surface area contributed by atoms with Crippen molar-refractivity contribution < 1.29 is 13.9 Å². The Morgan fingerprint density at radius 1 is 1.19 bits per heavy atom. The molecule has 0 aliphatic carbocycles. The van der Waals surface area contributed by atoms with E-state index in [0.29, 0.717) is 21.9 Å². The summed E-state index contributed by atoms with van der Waals surface area (Å²) in [7, 11) is 1.99. The maximum absolute atomic E-state index is 12.7. The molecular formula is C23H22ClN3O3S. The number of fused-ring (bicyclic) bond motifs is 1. The fraction of sp³-hybridized carbons (Fsp3) is 0.261. The first-order valence-electron chi connectivity index (χ1n) is 9.77. The van der Waals surface area contributed by atoms with Crippen LogP contribution in [0.5, 0.6) is 5.75 Å². The monoisotopic (exact) mass is 455 g/mol. The number of thioether (sulfide) groups is 1.